The van der Waals surface area contributed by atoms with Crippen LogP contribution in [0, 0.1) is 5.82 Å². The van der Waals surface area contributed by atoms with Gasteiger partial charge in [-0.3, -0.25) is 9.59 Å². The highest BCUT2D eigenvalue weighted by Crippen LogP contribution is 2.41. The molecule has 0 radical (unpaired) electrons. The van der Waals surface area contributed by atoms with Gasteiger partial charge >= 0.3 is 0 Å². The van der Waals surface area contributed by atoms with Gasteiger partial charge in [-0.1, -0.05) is 6.07 Å². The van der Waals surface area contributed by atoms with Gasteiger partial charge in [0.05, 0.1) is 11.6 Å². The molecule has 0 saturated heterocycles. The lowest BCUT2D eigenvalue weighted by Gasteiger charge is -2.24. The molecule has 0 spiro atoms. The number of benzene rings is 1. The van der Waals surface area contributed by atoms with Gasteiger partial charge in [0.2, 0.25) is 11.8 Å². The van der Waals surface area contributed by atoms with Crippen LogP contribution in [0.4, 0.5) is 15.2 Å². The molecule has 4 rings (SSSR count). The smallest absolute Gasteiger partial charge is 0.234 e. The highest BCUT2D eigenvalue weighted by Gasteiger charge is 2.32. The van der Waals surface area contributed by atoms with Crippen LogP contribution in [-0.4, -0.2) is 16.8 Å². The molecule has 23 heavy (non-hydrogen) atoms. The Morgan fingerprint density at radius 1 is 1.39 bits per heavy atom. The average Bonchev–Trinajstić information content (AvgIpc) is 3.26. The fourth-order valence-electron chi connectivity index (χ4n) is 2.77. The number of hydrogen-bond acceptors (Lipinski definition) is 4. The summed E-state index contributed by atoms with van der Waals surface area (Å²) in [5.74, 6) is -1.13. The predicted octanol–water partition coefficient (Wildman–Crippen LogP) is 3.22. The molecule has 0 bridgehead atoms. The van der Waals surface area contributed by atoms with Crippen LogP contribution >= 0.6 is 11.3 Å². The summed E-state index contributed by atoms with van der Waals surface area (Å²) in [6.45, 7) is 0. The minimum atomic E-state index is -0.632. The summed E-state index contributed by atoms with van der Waals surface area (Å²) in [5, 5.41) is 7.90. The lowest BCUT2D eigenvalue weighted by Crippen LogP contribution is -2.30. The molecule has 1 aromatic carbocycles. The van der Waals surface area contributed by atoms with Crippen molar-refractivity contribution in [1.29, 1.82) is 0 Å². The molecule has 1 fully saturated rings. The SMILES string of the molecule is O=C1CC(C(=O)Nc2nc(C3CC3)cs2)c2ccc(F)cc2N1. The maximum atomic E-state index is 13.3. The zero-order valence-electron chi connectivity index (χ0n) is 12.1. The van der Waals surface area contributed by atoms with E-state index >= 15 is 0 Å². The summed E-state index contributed by atoms with van der Waals surface area (Å²) in [6.07, 6.45) is 2.35. The Bertz CT molecular complexity index is 800. The molecule has 1 unspecified atom stereocenters. The van der Waals surface area contributed by atoms with E-state index in [9.17, 15) is 14.0 Å². The number of thiazole rings is 1. The van der Waals surface area contributed by atoms with Crippen LogP contribution in [0.3, 0.4) is 0 Å². The molecule has 1 saturated carbocycles. The second-order valence-electron chi connectivity index (χ2n) is 5.88. The molecule has 2 N–H and O–H groups in total. The Balaban J connectivity index is 1.56. The summed E-state index contributed by atoms with van der Waals surface area (Å²) in [5.41, 5.74) is 2.01. The van der Waals surface area contributed by atoms with Crippen LogP contribution < -0.4 is 10.6 Å². The van der Waals surface area contributed by atoms with Crippen LogP contribution in [0.2, 0.25) is 0 Å². The van der Waals surface area contributed by atoms with E-state index in [4.69, 9.17) is 0 Å². The van der Waals surface area contributed by atoms with E-state index in [1.807, 2.05) is 5.38 Å². The van der Waals surface area contributed by atoms with Crippen LogP contribution in [0.5, 0.6) is 0 Å². The maximum absolute atomic E-state index is 13.3. The van der Waals surface area contributed by atoms with Crippen molar-refractivity contribution in [3.05, 3.63) is 40.7 Å². The van der Waals surface area contributed by atoms with Crippen LogP contribution in [-0.2, 0) is 9.59 Å². The monoisotopic (exact) mass is 331 g/mol. The third-order valence-electron chi connectivity index (χ3n) is 4.12. The van der Waals surface area contributed by atoms with Gasteiger partial charge < -0.3 is 10.6 Å². The highest BCUT2D eigenvalue weighted by atomic mass is 32.1. The number of hydrogen-bond donors (Lipinski definition) is 2. The van der Waals surface area contributed by atoms with Gasteiger partial charge in [0.1, 0.15) is 5.82 Å². The van der Waals surface area contributed by atoms with Crippen molar-refractivity contribution in [2.75, 3.05) is 10.6 Å². The van der Waals surface area contributed by atoms with Crippen LogP contribution in [0.25, 0.3) is 0 Å². The number of halogens is 1. The van der Waals surface area contributed by atoms with Crippen molar-refractivity contribution in [2.24, 2.45) is 0 Å². The fraction of sp³-hybridized carbons (Fsp3) is 0.312. The number of carbonyl (C=O) groups is 2. The maximum Gasteiger partial charge on any atom is 0.234 e. The van der Waals surface area contributed by atoms with Gasteiger partial charge in [-0.25, -0.2) is 9.37 Å². The first-order valence-electron chi connectivity index (χ1n) is 7.46. The Hall–Kier alpha value is -2.28. The summed E-state index contributed by atoms with van der Waals surface area (Å²) < 4.78 is 13.3. The lowest BCUT2D eigenvalue weighted by molar-refractivity contribution is -0.123. The molecule has 2 amide bonds. The molecule has 1 atom stereocenters. The largest absolute Gasteiger partial charge is 0.326 e. The van der Waals surface area contributed by atoms with Gasteiger partial charge in [0, 0.05) is 23.4 Å². The Kier molecular flexibility index (Phi) is 3.37. The first-order chi connectivity index (χ1) is 11.1. The van der Waals surface area contributed by atoms with E-state index < -0.39 is 11.7 Å². The predicted molar refractivity (Wildman–Crippen MR) is 85.1 cm³/mol. The summed E-state index contributed by atoms with van der Waals surface area (Å²) >= 11 is 1.39. The second kappa shape index (κ2) is 5.42. The van der Waals surface area contributed by atoms with E-state index in [2.05, 4.69) is 15.6 Å². The number of nitrogens with one attached hydrogen (secondary N) is 2. The normalized spacial score (nSPS) is 19.9. The molecule has 2 aliphatic rings. The average molecular weight is 331 g/mol. The first-order valence-corrected chi connectivity index (χ1v) is 8.33. The molecule has 5 nitrogen and oxygen atoms in total. The van der Waals surface area contributed by atoms with Crippen molar-refractivity contribution in [3.63, 3.8) is 0 Å². The number of rotatable bonds is 3. The molecule has 7 heteroatoms. The summed E-state index contributed by atoms with van der Waals surface area (Å²) in [7, 11) is 0. The van der Waals surface area contributed by atoms with Crippen molar-refractivity contribution in [2.45, 2.75) is 31.1 Å². The third-order valence-corrected chi connectivity index (χ3v) is 4.89. The third kappa shape index (κ3) is 2.84. The molecule has 118 valence electrons. The number of aromatic nitrogens is 1. The Labute approximate surface area is 135 Å². The minimum absolute atomic E-state index is 0.0469. The molecule has 1 aliphatic carbocycles. The topological polar surface area (TPSA) is 71.1 Å². The summed E-state index contributed by atoms with van der Waals surface area (Å²) in [4.78, 5) is 28.7. The van der Waals surface area contributed by atoms with Crippen LogP contribution in [0.1, 0.15) is 42.4 Å². The molecule has 2 heterocycles. The highest BCUT2D eigenvalue weighted by molar-refractivity contribution is 7.13. The van der Waals surface area contributed by atoms with Crippen molar-refractivity contribution in [3.8, 4) is 0 Å². The zero-order chi connectivity index (χ0) is 16.0. The molecular formula is C16H14FN3O2S. The lowest BCUT2D eigenvalue weighted by atomic mass is 9.90. The van der Waals surface area contributed by atoms with Gasteiger partial charge in [-0.15, -0.1) is 11.3 Å². The first kappa shape index (κ1) is 14.3. The molecule has 2 aromatic rings. The van der Waals surface area contributed by atoms with Gasteiger partial charge in [0.15, 0.2) is 5.13 Å². The number of fused-ring (bicyclic) bond motifs is 1. The number of amides is 2. The standard InChI is InChI=1S/C16H14FN3O2S/c17-9-3-4-10-11(6-14(21)18-12(10)5-9)15(22)20-16-19-13(7-23-16)8-1-2-8/h3-5,7-8,11H,1-2,6H2,(H,18,21)(H,19,20,22). The summed E-state index contributed by atoms with van der Waals surface area (Å²) in [6, 6.07) is 4.08. The van der Waals surface area contributed by atoms with Gasteiger partial charge in [-0.2, -0.15) is 0 Å². The van der Waals surface area contributed by atoms with E-state index in [0.717, 1.165) is 18.5 Å². The molecule has 1 aliphatic heterocycles. The molecule has 1 aromatic heterocycles. The quantitative estimate of drug-likeness (QED) is 0.907. The van der Waals surface area contributed by atoms with E-state index in [0.29, 0.717) is 22.3 Å². The Morgan fingerprint density at radius 3 is 3.00 bits per heavy atom. The number of anilines is 2. The van der Waals surface area contributed by atoms with Crippen LogP contribution in [0.15, 0.2) is 23.6 Å². The second-order valence-corrected chi connectivity index (χ2v) is 6.74. The van der Waals surface area contributed by atoms with Gasteiger partial charge in [-0.05, 0) is 30.5 Å². The Morgan fingerprint density at radius 2 is 2.22 bits per heavy atom. The molecular weight excluding hydrogens is 317 g/mol. The van der Waals surface area contributed by atoms with E-state index in [-0.39, 0.29) is 18.2 Å². The number of carbonyl (C=O) groups excluding carboxylic acids is 2. The van der Waals surface area contributed by atoms with Crippen molar-refractivity contribution >= 4 is 34.0 Å². The number of nitrogens with zero attached hydrogens (tertiary/aromatic N) is 1. The fourth-order valence-corrected chi connectivity index (χ4v) is 3.57. The van der Waals surface area contributed by atoms with Gasteiger partial charge in [0.25, 0.3) is 0 Å². The van der Waals surface area contributed by atoms with Crippen molar-refractivity contribution in [1.82, 2.24) is 4.98 Å². The van der Waals surface area contributed by atoms with E-state index in [1.54, 1.807) is 6.07 Å². The van der Waals surface area contributed by atoms with E-state index in [1.165, 1.54) is 23.5 Å². The zero-order valence-corrected chi connectivity index (χ0v) is 13.0. The van der Waals surface area contributed by atoms with Crippen molar-refractivity contribution < 1.29 is 14.0 Å². The minimum Gasteiger partial charge on any atom is -0.326 e.